The predicted molar refractivity (Wildman–Crippen MR) is 106 cm³/mol. The van der Waals surface area contributed by atoms with Crippen molar-refractivity contribution in [1.29, 1.82) is 0 Å². The van der Waals surface area contributed by atoms with Crippen LogP contribution in [0.15, 0.2) is 54.6 Å². The first-order valence-electron chi connectivity index (χ1n) is 10.0. The number of hydrogen-bond acceptors (Lipinski definition) is 4. The van der Waals surface area contributed by atoms with Gasteiger partial charge in [0.2, 0.25) is 0 Å². The fraction of sp³-hybridized carbons (Fsp3) is 0.435. The molecule has 0 radical (unpaired) electrons. The average molecular weight is 382 g/mol. The van der Waals surface area contributed by atoms with Crippen molar-refractivity contribution in [3.05, 3.63) is 71.5 Å². The van der Waals surface area contributed by atoms with E-state index in [4.69, 9.17) is 4.74 Å². The summed E-state index contributed by atoms with van der Waals surface area (Å²) in [6, 6.07) is 15.7. The zero-order valence-corrected chi connectivity index (χ0v) is 16.3. The second kappa shape index (κ2) is 8.41. The molecule has 5 heteroatoms. The van der Waals surface area contributed by atoms with Gasteiger partial charge in [0, 0.05) is 13.1 Å². The van der Waals surface area contributed by atoms with Gasteiger partial charge in [-0.3, -0.25) is 9.80 Å². The van der Waals surface area contributed by atoms with E-state index in [1.54, 1.807) is 12.1 Å². The first-order chi connectivity index (χ1) is 13.6. The Balaban J connectivity index is 1.51. The Morgan fingerprint density at radius 3 is 2.43 bits per heavy atom. The summed E-state index contributed by atoms with van der Waals surface area (Å²) < 4.78 is 19.3. The van der Waals surface area contributed by atoms with Crippen molar-refractivity contribution in [2.24, 2.45) is 5.92 Å². The third-order valence-electron chi connectivity index (χ3n) is 5.99. The molecule has 3 saturated heterocycles. The van der Waals surface area contributed by atoms with E-state index in [9.17, 15) is 9.18 Å². The summed E-state index contributed by atoms with van der Waals surface area (Å²) >= 11 is 0. The Hall–Kier alpha value is -2.24. The van der Waals surface area contributed by atoms with Gasteiger partial charge in [0.25, 0.3) is 0 Å². The van der Waals surface area contributed by atoms with Gasteiger partial charge >= 0.3 is 5.97 Å². The lowest BCUT2D eigenvalue weighted by Crippen LogP contribution is -2.52. The molecule has 0 amide bonds. The van der Waals surface area contributed by atoms with Gasteiger partial charge in [0.15, 0.2) is 0 Å². The van der Waals surface area contributed by atoms with Gasteiger partial charge in [0.1, 0.15) is 18.0 Å². The maximum atomic E-state index is 13.2. The molecular formula is C23H27FN2O2. The molecule has 2 unspecified atom stereocenters. The lowest BCUT2D eigenvalue weighted by molar-refractivity contribution is -0.165. The van der Waals surface area contributed by atoms with Crippen molar-refractivity contribution < 1.29 is 13.9 Å². The number of carbonyl (C=O) groups excluding carboxylic acids is 1. The Labute approximate surface area is 165 Å². The molecule has 2 bridgehead atoms. The van der Waals surface area contributed by atoms with Crippen molar-refractivity contribution in [2.45, 2.75) is 31.5 Å². The van der Waals surface area contributed by atoms with Crippen LogP contribution >= 0.6 is 0 Å². The molecule has 0 spiro atoms. The zero-order chi connectivity index (χ0) is 19.5. The molecule has 3 aliphatic heterocycles. The van der Waals surface area contributed by atoms with Gasteiger partial charge in [-0.2, -0.15) is 0 Å². The summed E-state index contributed by atoms with van der Waals surface area (Å²) in [7, 11) is 1.92. The summed E-state index contributed by atoms with van der Waals surface area (Å²) in [6.07, 6.45) is 2.21. The number of rotatable bonds is 6. The van der Waals surface area contributed by atoms with E-state index < -0.39 is 6.04 Å². The lowest BCUT2D eigenvalue weighted by atomic mass is 9.86. The number of likely N-dealkylation sites (N-methyl/N-ethyl adjacent to an activating group) is 1. The summed E-state index contributed by atoms with van der Waals surface area (Å²) in [5, 5.41) is 0. The van der Waals surface area contributed by atoms with Gasteiger partial charge in [-0.15, -0.1) is 0 Å². The van der Waals surface area contributed by atoms with Crippen molar-refractivity contribution >= 4 is 5.97 Å². The van der Waals surface area contributed by atoms with Crippen LogP contribution in [-0.4, -0.2) is 48.6 Å². The second-order valence-electron chi connectivity index (χ2n) is 7.97. The van der Waals surface area contributed by atoms with Crippen LogP contribution in [0.25, 0.3) is 0 Å². The largest absolute Gasteiger partial charge is 0.459 e. The van der Waals surface area contributed by atoms with E-state index >= 15 is 0 Å². The smallest absolute Gasteiger partial charge is 0.328 e. The highest BCUT2D eigenvalue weighted by molar-refractivity contribution is 5.78. The molecule has 5 rings (SSSR count). The minimum atomic E-state index is -0.485. The van der Waals surface area contributed by atoms with Crippen molar-refractivity contribution in [1.82, 2.24) is 9.80 Å². The Kier molecular flexibility index (Phi) is 5.74. The Morgan fingerprint density at radius 1 is 1.14 bits per heavy atom. The van der Waals surface area contributed by atoms with Crippen LogP contribution in [0.3, 0.4) is 0 Å². The number of carbonyl (C=O) groups is 1. The first-order valence-corrected chi connectivity index (χ1v) is 10.0. The van der Waals surface area contributed by atoms with E-state index in [-0.39, 0.29) is 17.9 Å². The number of piperidine rings is 3. The van der Waals surface area contributed by atoms with Gasteiger partial charge in [0.05, 0.1) is 0 Å². The maximum absolute atomic E-state index is 13.2. The van der Waals surface area contributed by atoms with E-state index in [1.807, 2.05) is 42.3 Å². The van der Waals surface area contributed by atoms with E-state index in [1.165, 1.54) is 12.1 Å². The number of nitrogens with zero attached hydrogens (tertiary/aromatic N) is 2. The molecule has 0 saturated carbocycles. The maximum Gasteiger partial charge on any atom is 0.328 e. The van der Waals surface area contributed by atoms with Crippen LogP contribution in [0, 0.1) is 11.7 Å². The number of halogens is 1. The molecule has 3 aliphatic rings. The summed E-state index contributed by atoms with van der Waals surface area (Å²) in [4.78, 5) is 17.6. The van der Waals surface area contributed by atoms with Gasteiger partial charge < -0.3 is 4.74 Å². The van der Waals surface area contributed by atoms with Gasteiger partial charge in [-0.05, 0) is 62.2 Å². The molecule has 2 aromatic carbocycles. The van der Waals surface area contributed by atoms with E-state index in [0.29, 0.717) is 12.5 Å². The van der Waals surface area contributed by atoms with E-state index in [2.05, 4.69) is 4.90 Å². The minimum absolute atomic E-state index is 0.0135. The normalized spacial score (nSPS) is 24.9. The predicted octanol–water partition coefficient (Wildman–Crippen LogP) is 3.64. The average Bonchev–Trinajstić information content (AvgIpc) is 2.71. The highest BCUT2D eigenvalue weighted by Crippen LogP contribution is 2.32. The number of ether oxygens (including phenoxy) is 1. The van der Waals surface area contributed by atoms with Gasteiger partial charge in [-0.1, -0.05) is 42.5 Å². The standard InChI is InChI=1S/C23H27FN2O2/c1-25(15-17-7-9-20(24)10-8-17)22(19-5-3-2-4-6-19)23(27)28-21-16-26-13-11-18(21)12-14-26/h2-10,18,21-22H,11-16H2,1H3. The highest BCUT2D eigenvalue weighted by atomic mass is 19.1. The molecular weight excluding hydrogens is 355 g/mol. The van der Waals surface area contributed by atoms with Crippen molar-refractivity contribution in [2.75, 3.05) is 26.7 Å². The summed E-state index contributed by atoms with van der Waals surface area (Å²) in [5.41, 5.74) is 1.87. The third-order valence-corrected chi connectivity index (χ3v) is 5.99. The number of hydrogen-bond donors (Lipinski definition) is 0. The molecule has 28 heavy (non-hydrogen) atoms. The molecule has 0 aromatic heterocycles. The molecule has 0 N–H and O–H groups in total. The summed E-state index contributed by atoms with van der Waals surface area (Å²) in [5.74, 6) is 0.0233. The number of esters is 1. The number of fused-ring (bicyclic) bond motifs is 3. The molecule has 2 atom stereocenters. The summed E-state index contributed by atoms with van der Waals surface area (Å²) in [6.45, 7) is 3.62. The van der Waals surface area contributed by atoms with Crippen LogP contribution in [0.5, 0.6) is 0 Å². The molecule has 148 valence electrons. The lowest BCUT2D eigenvalue weighted by Gasteiger charge is -2.44. The monoisotopic (exact) mass is 382 g/mol. The van der Waals surface area contributed by atoms with Crippen LogP contribution in [0.4, 0.5) is 4.39 Å². The topological polar surface area (TPSA) is 32.8 Å². The molecule has 4 nitrogen and oxygen atoms in total. The highest BCUT2D eigenvalue weighted by Gasteiger charge is 2.38. The first kappa shape index (κ1) is 19.1. The SMILES string of the molecule is CN(Cc1ccc(F)cc1)C(C(=O)OC1CN2CCC1CC2)c1ccccc1. The van der Waals surface area contributed by atoms with Crippen LogP contribution in [0.1, 0.15) is 30.0 Å². The quantitative estimate of drug-likeness (QED) is 0.714. The zero-order valence-electron chi connectivity index (χ0n) is 16.3. The third kappa shape index (κ3) is 4.26. The molecule has 0 aliphatic carbocycles. The Morgan fingerprint density at radius 2 is 1.82 bits per heavy atom. The van der Waals surface area contributed by atoms with Crippen LogP contribution in [0.2, 0.25) is 0 Å². The second-order valence-corrected chi connectivity index (χ2v) is 7.97. The fourth-order valence-corrected chi connectivity index (χ4v) is 4.43. The van der Waals surface area contributed by atoms with Gasteiger partial charge in [-0.25, -0.2) is 9.18 Å². The van der Waals surface area contributed by atoms with Crippen molar-refractivity contribution in [3.63, 3.8) is 0 Å². The minimum Gasteiger partial charge on any atom is -0.459 e. The molecule has 2 aromatic rings. The Bertz CT molecular complexity index is 788. The van der Waals surface area contributed by atoms with E-state index in [0.717, 1.165) is 43.6 Å². The number of benzene rings is 2. The fourth-order valence-electron chi connectivity index (χ4n) is 4.43. The van der Waals surface area contributed by atoms with Crippen molar-refractivity contribution in [3.8, 4) is 0 Å². The molecule has 3 fully saturated rings. The molecule has 3 heterocycles. The van der Waals surface area contributed by atoms with Crippen LogP contribution < -0.4 is 0 Å². The van der Waals surface area contributed by atoms with Crippen LogP contribution in [-0.2, 0) is 16.1 Å².